The van der Waals surface area contributed by atoms with Crippen LogP contribution in [0.4, 0.5) is 4.39 Å². The molecule has 124 valence electrons. The molecular weight excluding hydrogens is 367 g/mol. The maximum atomic E-state index is 13.6. The Labute approximate surface area is 142 Å². The van der Waals surface area contributed by atoms with Crippen LogP contribution in [0.25, 0.3) is 0 Å². The fraction of sp³-hybridized carbons (Fsp3) is 0.467. The van der Waals surface area contributed by atoms with Crippen molar-refractivity contribution in [1.29, 1.82) is 0 Å². The van der Waals surface area contributed by atoms with E-state index in [1.165, 1.54) is 6.07 Å². The monoisotopic (exact) mass is 384 g/mol. The number of benzene rings is 1. The lowest BCUT2D eigenvalue weighted by Gasteiger charge is -2.30. The maximum absolute atomic E-state index is 13.6. The van der Waals surface area contributed by atoms with E-state index in [-0.39, 0.29) is 18.4 Å². The van der Waals surface area contributed by atoms with Gasteiger partial charge in [0.15, 0.2) is 17.4 Å². The molecule has 3 rings (SSSR count). The lowest BCUT2D eigenvalue weighted by atomic mass is 10.2. The Morgan fingerprint density at radius 3 is 3.17 bits per heavy atom. The molecular formula is C15H18BrFN4O2. The van der Waals surface area contributed by atoms with E-state index in [1.54, 1.807) is 12.1 Å². The Bertz CT molecular complexity index is 667. The van der Waals surface area contributed by atoms with Crippen LogP contribution in [-0.2, 0) is 6.42 Å². The van der Waals surface area contributed by atoms with Gasteiger partial charge in [-0.15, -0.1) is 0 Å². The molecule has 0 spiro atoms. The van der Waals surface area contributed by atoms with Crippen molar-refractivity contribution >= 4 is 15.9 Å². The molecule has 1 fully saturated rings. The number of piperazine rings is 1. The van der Waals surface area contributed by atoms with Crippen LogP contribution in [0.1, 0.15) is 17.8 Å². The largest absolute Gasteiger partial charge is 0.490 e. The average molecular weight is 385 g/mol. The zero-order valence-corrected chi connectivity index (χ0v) is 14.3. The molecule has 0 aliphatic carbocycles. The zero-order valence-electron chi connectivity index (χ0n) is 12.8. The Morgan fingerprint density at radius 1 is 1.52 bits per heavy atom. The number of aromatic nitrogens is 2. The van der Waals surface area contributed by atoms with Crippen molar-refractivity contribution in [2.45, 2.75) is 12.5 Å². The fourth-order valence-electron chi connectivity index (χ4n) is 2.44. The molecule has 2 aromatic rings. The van der Waals surface area contributed by atoms with Gasteiger partial charge in [0.1, 0.15) is 0 Å². The predicted molar refractivity (Wildman–Crippen MR) is 85.8 cm³/mol. The van der Waals surface area contributed by atoms with Crippen molar-refractivity contribution in [1.82, 2.24) is 20.4 Å². The first kappa shape index (κ1) is 16.4. The minimum Gasteiger partial charge on any atom is -0.490 e. The molecule has 1 aliphatic heterocycles. The van der Waals surface area contributed by atoms with E-state index in [2.05, 4.69) is 36.3 Å². The van der Waals surface area contributed by atoms with Gasteiger partial charge in [0.2, 0.25) is 5.89 Å². The third kappa shape index (κ3) is 4.07. The number of likely N-dealkylation sites (N-methyl/N-ethyl adjacent to an activating group) is 1. The molecule has 1 aliphatic rings. The average Bonchev–Trinajstić information content (AvgIpc) is 2.98. The van der Waals surface area contributed by atoms with E-state index in [0.29, 0.717) is 22.6 Å². The third-order valence-corrected chi connectivity index (χ3v) is 4.25. The molecule has 0 saturated carbocycles. The Balaban J connectivity index is 1.55. The van der Waals surface area contributed by atoms with Gasteiger partial charge < -0.3 is 14.6 Å². The first-order chi connectivity index (χ1) is 11.1. The lowest BCUT2D eigenvalue weighted by molar-refractivity contribution is 0.190. The van der Waals surface area contributed by atoms with Gasteiger partial charge in [-0.25, -0.2) is 4.39 Å². The lowest BCUT2D eigenvalue weighted by Crippen LogP contribution is -2.44. The molecule has 1 atom stereocenters. The number of hydrogen-bond donors (Lipinski definition) is 1. The summed E-state index contributed by atoms with van der Waals surface area (Å²) in [7, 11) is 2.04. The Morgan fingerprint density at radius 2 is 2.39 bits per heavy atom. The second kappa shape index (κ2) is 7.37. The second-order valence-electron chi connectivity index (χ2n) is 5.42. The summed E-state index contributed by atoms with van der Waals surface area (Å²) < 4.78 is 25.0. The van der Waals surface area contributed by atoms with Crippen LogP contribution in [0.5, 0.6) is 5.75 Å². The van der Waals surface area contributed by atoms with Gasteiger partial charge in [0.25, 0.3) is 0 Å². The molecule has 0 radical (unpaired) electrons. The van der Waals surface area contributed by atoms with Crippen molar-refractivity contribution in [3.05, 3.63) is 40.2 Å². The summed E-state index contributed by atoms with van der Waals surface area (Å²) in [6.07, 6.45) is 0.437. The van der Waals surface area contributed by atoms with Crippen LogP contribution in [0.3, 0.4) is 0 Å². The summed E-state index contributed by atoms with van der Waals surface area (Å²) in [6.45, 7) is 2.99. The van der Waals surface area contributed by atoms with Gasteiger partial charge in [-0.3, -0.25) is 4.90 Å². The third-order valence-electron chi connectivity index (χ3n) is 3.76. The summed E-state index contributed by atoms with van der Waals surface area (Å²) in [6, 6.07) is 4.80. The molecule has 1 N–H and O–H groups in total. The molecule has 23 heavy (non-hydrogen) atoms. The second-order valence-corrected chi connectivity index (χ2v) is 6.34. The predicted octanol–water partition coefficient (Wildman–Crippen LogP) is 2.17. The highest BCUT2D eigenvalue weighted by Crippen LogP contribution is 2.22. The van der Waals surface area contributed by atoms with Crippen LogP contribution in [0, 0.1) is 5.82 Å². The topological polar surface area (TPSA) is 63.4 Å². The van der Waals surface area contributed by atoms with E-state index in [9.17, 15) is 4.39 Å². The van der Waals surface area contributed by atoms with Crippen molar-refractivity contribution in [3.8, 4) is 5.75 Å². The highest BCUT2D eigenvalue weighted by atomic mass is 79.9. The summed E-state index contributed by atoms with van der Waals surface area (Å²) in [5.41, 5.74) is 0. The molecule has 1 unspecified atom stereocenters. The summed E-state index contributed by atoms with van der Waals surface area (Å²) in [4.78, 5) is 6.60. The Hall–Kier alpha value is -1.51. The van der Waals surface area contributed by atoms with E-state index >= 15 is 0 Å². The van der Waals surface area contributed by atoms with Crippen LogP contribution in [0.2, 0.25) is 0 Å². The smallest absolute Gasteiger partial charge is 0.230 e. The highest BCUT2D eigenvalue weighted by molar-refractivity contribution is 9.10. The minimum absolute atomic E-state index is 0.117. The molecule has 1 saturated heterocycles. The van der Waals surface area contributed by atoms with E-state index in [1.807, 2.05) is 7.05 Å². The van der Waals surface area contributed by atoms with Crippen LogP contribution < -0.4 is 10.1 Å². The molecule has 0 amide bonds. The normalized spacial score (nSPS) is 19.0. The number of ether oxygens (including phenoxy) is 1. The maximum Gasteiger partial charge on any atom is 0.230 e. The fourth-order valence-corrected chi connectivity index (χ4v) is 2.77. The van der Waals surface area contributed by atoms with E-state index < -0.39 is 5.82 Å². The number of hydrogen-bond acceptors (Lipinski definition) is 6. The van der Waals surface area contributed by atoms with E-state index in [4.69, 9.17) is 9.26 Å². The van der Waals surface area contributed by atoms with Crippen molar-refractivity contribution in [3.63, 3.8) is 0 Å². The number of nitrogens with zero attached hydrogens (tertiary/aromatic N) is 3. The van der Waals surface area contributed by atoms with Gasteiger partial charge in [-0.2, -0.15) is 4.98 Å². The zero-order chi connectivity index (χ0) is 16.2. The van der Waals surface area contributed by atoms with Crippen molar-refractivity contribution in [2.75, 3.05) is 33.3 Å². The van der Waals surface area contributed by atoms with Crippen LogP contribution in [-0.4, -0.2) is 48.3 Å². The number of nitrogens with one attached hydrogen (secondary N) is 1. The van der Waals surface area contributed by atoms with Crippen molar-refractivity contribution < 1.29 is 13.7 Å². The number of rotatable bonds is 5. The quantitative estimate of drug-likeness (QED) is 0.851. The van der Waals surface area contributed by atoms with Gasteiger partial charge in [-0.1, -0.05) is 21.1 Å². The molecule has 8 heteroatoms. The molecule has 6 nitrogen and oxygen atoms in total. The molecule has 1 aromatic carbocycles. The molecule has 2 heterocycles. The van der Waals surface area contributed by atoms with E-state index in [0.717, 1.165) is 19.6 Å². The minimum atomic E-state index is -0.402. The highest BCUT2D eigenvalue weighted by Gasteiger charge is 2.25. The van der Waals surface area contributed by atoms with Gasteiger partial charge in [0, 0.05) is 24.1 Å². The van der Waals surface area contributed by atoms with Crippen molar-refractivity contribution in [2.24, 2.45) is 0 Å². The van der Waals surface area contributed by atoms with Crippen LogP contribution >= 0.6 is 15.9 Å². The summed E-state index contributed by atoms with van der Waals surface area (Å²) in [5, 5.41) is 7.36. The van der Waals surface area contributed by atoms with Crippen LogP contribution in [0.15, 0.2) is 27.2 Å². The summed E-state index contributed by atoms with van der Waals surface area (Å²) >= 11 is 3.21. The summed E-state index contributed by atoms with van der Waals surface area (Å²) in [5.74, 6) is 0.977. The first-order valence-corrected chi connectivity index (χ1v) is 8.24. The van der Waals surface area contributed by atoms with Gasteiger partial charge in [-0.05, 0) is 25.2 Å². The van der Waals surface area contributed by atoms with Gasteiger partial charge in [0.05, 0.1) is 19.1 Å². The first-order valence-electron chi connectivity index (χ1n) is 7.45. The number of halogens is 2. The molecule has 1 aromatic heterocycles. The Kier molecular flexibility index (Phi) is 5.24. The van der Waals surface area contributed by atoms with Gasteiger partial charge >= 0.3 is 0 Å². The molecule has 0 bridgehead atoms. The SMILES string of the molecule is CN1CCNCC1c1noc(CCOc2ccc(Br)cc2F)n1. The standard InChI is InChI=1S/C15H18BrFN4O2/c1-21-6-5-18-9-12(21)15-19-14(23-20-15)4-7-22-13-3-2-10(16)8-11(13)17/h2-3,8,12,18H,4-7,9H2,1H3.